The van der Waals surface area contributed by atoms with Gasteiger partial charge in [-0.1, -0.05) is 11.6 Å². The maximum Gasteiger partial charge on any atom is 0.332 e. The van der Waals surface area contributed by atoms with Crippen LogP contribution >= 0.6 is 11.6 Å². The molecule has 0 fully saturated rings. The molecule has 4 heteroatoms. The van der Waals surface area contributed by atoms with Crippen LogP contribution in [0.25, 0.3) is 0 Å². The molecule has 0 atom stereocenters. The fourth-order valence-corrected chi connectivity index (χ4v) is 0.295. The minimum absolute atomic E-state index is 0.165. The van der Waals surface area contributed by atoms with Gasteiger partial charge in [-0.3, -0.25) is 4.79 Å². The van der Waals surface area contributed by atoms with Crippen LogP contribution in [0.3, 0.4) is 0 Å². The van der Waals surface area contributed by atoms with Gasteiger partial charge in [0.25, 0.3) is 0 Å². The van der Waals surface area contributed by atoms with Crippen molar-refractivity contribution in [2.45, 2.75) is 0 Å². The zero-order chi connectivity index (χ0) is 7.28. The van der Waals surface area contributed by atoms with Gasteiger partial charge in [-0.05, 0) is 0 Å². The Morgan fingerprint density at radius 3 is 2.56 bits per heavy atom. The smallest absolute Gasteiger partial charge is 0.332 e. The molecule has 0 unspecified atom stereocenters. The van der Waals surface area contributed by atoms with Gasteiger partial charge in [0.2, 0.25) is 0 Å². The maximum absolute atomic E-state index is 10.2. The zero-order valence-corrected chi connectivity index (χ0v) is 5.51. The van der Waals surface area contributed by atoms with Crippen molar-refractivity contribution >= 4 is 23.9 Å². The van der Waals surface area contributed by atoms with Crippen molar-refractivity contribution in [1.82, 2.24) is 0 Å². The highest BCUT2D eigenvalue weighted by molar-refractivity contribution is 6.39. The lowest BCUT2D eigenvalue weighted by Gasteiger charge is -1.87. The van der Waals surface area contributed by atoms with E-state index in [9.17, 15) is 9.59 Å². The Balaban J connectivity index is 3.94. The third-order valence-corrected chi connectivity index (χ3v) is 0.768. The molecule has 0 radical (unpaired) electrons. The summed E-state index contributed by atoms with van der Waals surface area (Å²) in [6, 6.07) is 0. The lowest BCUT2D eigenvalue weighted by molar-refractivity contribution is -0.135. The average Bonchev–Trinajstić information content (AvgIpc) is 1.87. The first-order chi connectivity index (χ1) is 4.20. The Morgan fingerprint density at radius 2 is 2.22 bits per heavy atom. The molecule has 50 valence electrons. The summed E-state index contributed by atoms with van der Waals surface area (Å²) in [5, 5.41) is -0.165. The number of aldehydes is 1. The number of carbonyl (C=O) groups excluding carboxylic acids is 2. The van der Waals surface area contributed by atoms with Gasteiger partial charge in [-0.25, -0.2) is 4.79 Å². The number of ether oxygens (including phenoxy) is 1. The molecule has 0 rings (SSSR count). The van der Waals surface area contributed by atoms with E-state index in [-0.39, 0.29) is 5.03 Å². The number of esters is 1. The first-order valence-corrected chi connectivity index (χ1v) is 2.49. The van der Waals surface area contributed by atoms with Crippen LogP contribution in [0.15, 0.2) is 11.1 Å². The standard InChI is InChI=1S/C5H5ClO3/c1-9-5(8)2-4(6)3-7/h2-3H,1H3/b4-2+. The second-order valence-electron chi connectivity index (χ2n) is 1.17. The predicted octanol–water partition coefficient (Wildman–Crippen LogP) is 0.481. The minimum atomic E-state index is -0.632. The number of hydrogen-bond donors (Lipinski definition) is 0. The molecular formula is C5H5ClO3. The molecule has 3 nitrogen and oxygen atoms in total. The number of halogens is 1. The van der Waals surface area contributed by atoms with Crippen LogP contribution in [0, 0.1) is 0 Å². The fourth-order valence-electron chi connectivity index (χ4n) is 0.206. The number of rotatable bonds is 2. The highest BCUT2D eigenvalue weighted by atomic mass is 35.5. The molecule has 0 heterocycles. The minimum Gasteiger partial charge on any atom is -0.466 e. The molecule has 0 saturated carbocycles. The Morgan fingerprint density at radius 1 is 1.67 bits per heavy atom. The van der Waals surface area contributed by atoms with Crippen LogP contribution in [-0.2, 0) is 14.3 Å². The zero-order valence-electron chi connectivity index (χ0n) is 4.76. The van der Waals surface area contributed by atoms with E-state index in [1.54, 1.807) is 0 Å². The van der Waals surface area contributed by atoms with Gasteiger partial charge in [-0.15, -0.1) is 0 Å². The normalized spacial score (nSPS) is 10.7. The largest absolute Gasteiger partial charge is 0.466 e. The Labute approximate surface area is 57.2 Å². The molecule has 0 amide bonds. The molecule has 0 aromatic rings. The summed E-state index contributed by atoms with van der Waals surface area (Å²) in [4.78, 5) is 20.0. The summed E-state index contributed by atoms with van der Waals surface area (Å²) in [5.41, 5.74) is 0. The van der Waals surface area contributed by atoms with E-state index in [1.807, 2.05) is 0 Å². The van der Waals surface area contributed by atoms with Crippen molar-refractivity contribution in [2.75, 3.05) is 7.11 Å². The van der Waals surface area contributed by atoms with Gasteiger partial charge in [-0.2, -0.15) is 0 Å². The van der Waals surface area contributed by atoms with Gasteiger partial charge >= 0.3 is 5.97 Å². The van der Waals surface area contributed by atoms with Crippen molar-refractivity contribution in [3.8, 4) is 0 Å². The van der Waals surface area contributed by atoms with Crippen LogP contribution in [0.5, 0.6) is 0 Å². The van der Waals surface area contributed by atoms with E-state index in [4.69, 9.17) is 11.6 Å². The van der Waals surface area contributed by atoms with Crippen molar-refractivity contribution in [2.24, 2.45) is 0 Å². The van der Waals surface area contributed by atoms with Crippen LogP contribution in [0.4, 0.5) is 0 Å². The van der Waals surface area contributed by atoms with E-state index in [0.717, 1.165) is 6.08 Å². The Bertz CT molecular complexity index is 150. The van der Waals surface area contributed by atoms with Gasteiger partial charge < -0.3 is 4.74 Å². The maximum atomic E-state index is 10.2. The van der Waals surface area contributed by atoms with E-state index in [1.165, 1.54) is 7.11 Å². The second-order valence-corrected chi connectivity index (χ2v) is 1.61. The summed E-state index contributed by atoms with van der Waals surface area (Å²) >= 11 is 5.13. The summed E-state index contributed by atoms with van der Waals surface area (Å²) < 4.78 is 4.16. The molecule has 0 aromatic carbocycles. The lowest BCUT2D eigenvalue weighted by Crippen LogP contribution is -1.95. The molecule has 0 spiro atoms. The summed E-state index contributed by atoms with van der Waals surface area (Å²) in [5.74, 6) is -0.632. The first-order valence-electron chi connectivity index (χ1n) is 2.11. The highest BCUT2D eigenvalue weighted by Gasteiger charge is 1.94. The van der Waals surface area contributed by atoms with Crippen LogP contribution in [-0.4, -0.2) is 19.4 Å². The molecular weight excluding hydrogens is 144 g/mol. The molecule has 9 heavy (non-hydrogen) atoms. The number of methoxy groups -OCH3 is 1. The summed E-state index contributed by atoms with van der Waals surface area (Å²) in [7, 11) is 1.20. The van der Waals surface area contributed by atoms with Crippen molar-refractivity contribution in [3.63, 3.8) is 0 Å². The first kappa shape index (κ1) is 8.17. The number of carbonyl (C=O) groups is 2. The summed E-state index contributed by atoms with van der Waals surface area (Å²) in [6.45, 7) is 0. The van der Waals surface area contributed by atoms with Crippen LogP contribution in [0.2, 0.25) is 0 Å². The number of allylic oxidation sites excluding steroid dienone is 1. The van der Waals surface area contributed by atoms with Crippen LogP contribution in [0.1, 0.15) is 0 Å². The lowest BCUT2D eigenvalue weighted by atomic mass is 10.5. The van der Waals surface area contributed by atoms with Crippen molar-refractivity contribution < 1.29 is 14.3 Å². The molecule has 0 aliphatic rings. The molecule has 0 aliphatic carbocycles. The van der Waals surface area contributed by atoms with E-state index in [2.05, 4.69) is 4.74 Å². The van der Waals surface area contributed by atoms with Crippen molar-refractivity contribution in [1.29, 1.82) is 0 Å². The van der Waals surface area contributed by atoms with Gasteiger partial charge in [0, 0.05) is 6.08 Å². The second kappa shape index (κ2) is 4.09. The topological polar surface area (TPSA) is 43.4 Å². The Hall–Kier alpha value is -0.830. The summed E-state index contributed by atoms with van der Waals surface area (Å²) in [6.07, 6.45) is 1.26. The SMILES string of the molecule is COC(=O)/C=C(/Cl)C=O. The highest BCUT2D eigenvalue weighted by Crippen LogP contribution is 1.95. The molecule has 0 aromatic heterocycles. The van der Waals surface area contributed by atoms with Crippen molar-refractivity contribution in [3.05, 3.63) is 11.1 Å². The van der Waals surface area contributed by atoms with Gasteiger partial charge in [0.1, 0.15) is 0 Å². The third kappa shape index (κ3) is 3.73. The Kier molecular flexibility index (Phi) is 3.71. The van der Waals surface area contributed by atoms with Crippen LogP contribution < -0.4 is 0 Å². The molecule has 0 bridgehead atoms. The third-order valence-electron chi connectivity index (χ3n) is 0.570. The van der Waals surface area contributed by atoms with Gasteiger partial charge in [0.05, 0.1) is 12.1 Å². The number of hydrogen-bond acceptors (Lipinski definition) is 3. The van der Waals surface area contributed by atoms with E-state index < -0.39 is 5.97 Å². The quantitative estimate of drug-likeness (QED) is 0.325. The fraction of sp³-hybridized carbons (Fsp3) is 0.200. The monoisotopic (exact) mass is 148 g/mol. The van der Waals surface area contributed by atoms with E-state index >= 15 is 0 Å². The van der Waals surface area contributed by atoms with E-state index in [0.29, 0.717) is 6.29 Å². The molecule has 0 aliphatic heterocycles. The predicted molar refractivity (Wildman–Crippen MR) is 32.0 cm³/mol. The molecule has 0 saturated heterocycles. The molecule has 0 N–H and O–H groups in total. The van der Waals surface area contributed by atoms with Gasteiger partial charge in [0.15, 0.2) is 6.29 Å². The average molecular weight is 149 g/mol.